The third-order valence-electron chi connectivity index (χ3n) is 4.19. The Balaban J connectivity index is 1.61. The van der Waals surface area contributed by atoms with E-state index in [2.05, 4.69) is 41.1 Å². The molecule has 1 atom stereocenters. The molecule has 110 valence electrons. The molecular formula is C18H22N2O. The van der Waals surface area contributed by atoms with Crippen molar-refractivity contribution in [2.45, 2.75) is 19.8 Å². The van der Waals surface area contributed by atoms with Gasteiger partial charge in [0, 0.05) is 19.3 Å². The van der Waals surface area contributed by atoms with Crippen LogP contribution in [0.15, 0.2) is 42.6 Å². The van der Waals surface area contributed by atoms with Gasteiger partial charge >= 0.3 is 0 Å². The fourth-order valence-corrected chi connectivity index (χ4v) is 3.00. The molecule has 0 saturated carbocycles. The molecule has 21 heavy (non-hydrogen) atoms. The lowest BCUT2D eigenvalue weighted by Gasteiger charge is -2.18. The van der Waals surface area contributed by atoms with Crippen LogP contribution in [0.4, 0.5) is 5.82 Å². The number of pyridine rings is 1. The van der Waals surface area contributed by atoms with Gasteiger partial charge in [-0.3, -0.25) is 0 Å². The molecule has 1 saturated heterocycles. The minimum Gasteiger partial charge on any atom is -0.497 e. The molecule has 0 amide bonds. The van der Waals surface area contributed by atoms with E-state index in [0.29, 0.717) is 5.92 Å². The van der Waals surface area contributed by atoms with Crippen LogP contribution in [0.2, 0.25) is 0 Å². The number of aromatic nitrogens is 1. The summed E-state index contributed by atoms with van der Waals surface area (Å²) in [7, 11) is 1.71. The zero-order chi connectivity index (χ0) is 14.7. The highest BCUT2D eigenvalue weighted by molar-refractivity contribution is 5.42. The van der Waals surface area contributed by atoms with E-state index in [9.17, 15) is 0 Å². The standard InChI is InChI=1S/C18H22N2O/c1-14-7-9-19-18(11-14)20-10-8-16(13-20)12-15-3-5-17(21-2)6-4-15/h3-7,9,11,16H,8,10,12-13H2,1-2H3. The number of hydrogen-bond acceptors (Lipinski definition) is 3. The lowest BCUT2D eigenvalue weighted by atomic mass is 9.99. The first-order valence-electron chi connectivity index (χ1n) is 7.55. The second-order valence-corrected chi connectivity index (χ2v) is 5.84. The molecule has 0 N–H and O–H groups in total. The topological polar surface area (TPSA) is 25.4 Å². The highest BCUT2D eigenvalue weighted by Gasteiger charge is 2.23. The Kier molecular flexibility index (Phi) is 4.09. The SMILES string of the molecule is COc1ccc(CC2CCN(c3cc(C)ccn3)C2)cc1. The Bertz CT molecular complexity index is 594. The van der Waals surface area contributed by atoms with Crippen LogP contribution in [-0.2, 0) is 6.42 Å². The van der Waals surface area contributed by atoms with E-state index >= 15 is 0 Å². The predicted octanol–water partition coefficient (Wildman–Crippen LogP) is 3.47. The molecule has 0 aliphatic carbocycles. The number of benzene rings is 1. The molecular weight excluding hydrogens is 260 g/mol. The van der Waals surface area contributed by atoms with Gasteiger partial charge in [0.2, 0.25) is 0 Å². The van der Waals surface area contributed by atoms with Crippen molar-refractivity contribution in [1.29, 1.82) is 0 Å². The third kappa shape index (κ3) is 3.35. The maximum atomic E-state index is 5.21. The Morgan fingerprint density at radius 3 is 2.76 bits per heavy atom. The lowest BCUT2D eigenvalue weighted by molar-refractivity contribution is 0.414. The van der Waals surface area contributed by atoms with E-state index in [1.165, 1.54) is 17.5 Å². The number of anilines is 1. The van der Waals surface area contributed by atoms with Crippen LogP contribution in [0.25, 0.3) is 0 Å². The molecule has 1 aromatic heterocycles. The van der Waals surface area contributed by atoms with Crippen molar-refractivity contribution in [3.63, 3.8) is 0 Å². The lowest BCUT2D eigenvalue weighted by Crippen LogP contribution is -2.21. The number of rotatable bonds is 4. The summed E-state index contributed by atoms with van der Waals surface area (Å²) in [6.07, 6.45) is 4.27. The van der Waals surface area contributed by atoms with Gasteiger partial charge < -0.3 is 9.64 Å². The molecule has 2 aromatic rings. The minimum atomic E-state index is 0.709. The zero-order valence-corrected chi connectivity index (χ0v) is 12.7. The minimum absolute atomic E-state index is 0.709. The van der Waals surface area contributed by atoms with Crippen molar-refractivity contribution in [2.24, 2.45) is 5.92 Å². The van der Waals surface area contributed by atoms with Crippen molar-refractivity contribution >= 4 is 5.82 Å². The Hall–Kier alpha value is -2.03. The van der Waals surface area contributed by atoms with E-state index < -0.39 is 0 Å². The zero-order valence-electron chi connectivity index (χ0n) is 12.7. The predicted molar refractivity (Wildman–Crippen MR) is 86.0 cm³/mol. The maximum absolute atomic E-state index is 5.21. The number of ether oxygens (including phenoxy) is 1. The van der Waals surface area contributed by atoms with Gasteiger partial charge in [0.15, 0.2) is 0 Å². The second kappa shape index (κ2) is 6.17. The van der Waals surface area contributed by atoms with Crippen molar-refractivity contribution < 1.29 is 4.74 Å². The molecule has 1 fully saturated rings. The third-order valence-corrected chi connectivity index (χ3v) is 4.19. The monoisotopic (exact) mass is 282 g/mol. The maximum Gasteiger partial charge on any atom is 0.128 e. The van der Waals surface area contributed by atoms with Gasteiger partial charge in [-0.15, -0.1) is 0 Å². The van der Waals surface area contributed by atoms with Crippen molar-refractivity contribution in [2.75, 3.05) is 25.1 Å². The van der Waals surface area contributed by atoms with E-state index in [-0.39, 0.29) is 0 Å². The van der Waals surface area contributed by atoms with Gasteiger partial charge in [-0.2, -0.15) is 0 Å². The molecule has 3 rings (SSSR count). The fraction of sp³-hybridized carbons (Fsp3) is 0.389. The molecule has 0 bridgehead atoms. The first-order chi connectivity index (χ1) is 10.2. The highest BCUT2D eigenvalue weighted by Crippen LogP contribution is 2.25. The molecule has 3 nitrogen and oxygen atoms in total. The van der Waals surface area contributed by atoms with Gasteiger partial charge in [-0.05, 0) is 61.1 Å². The molecule has 1 aromatic carbocycles. The van der Waals surface area contributed by atoms with Crippen LogP contribution in [-0.4, -0.2) is 25.2 Å². The molecule has 2 heterocycles. The smallest absolute Gasteiger partial charge is 0.128 e. The Morgan fingerprint density at radius 2 is 2.05 bits per heavy atom. The van der Waals surface area contributed by atoms with E-state index in [4.69, 9.17) is 4.74 Å². The van der Waals surface area contributed by atoms with E-state index in [0.717, 1.165) is 31.1 Å². The highest BCUT2D eigenvalue weighted by atomic mass is 16.5. The van der Waals surface area contributed by atoms with Crippen LogP contribution in [0.5, 0.6) is 5.75 Å². The normalized spacial score (nSPS) is 18.0. The summed E-state index contributed by atoms with van der Waals surface area (Å²) in [5, 5.41) is 0. The summed E-state index contributed by atoms with van der Waals surface area (Å²) in [5.74, 6) is 2.75. The van der Waals surface area contributed by atoms with Crippen LogP contribution >= 0.6 is 0 Å². The van der Waals surface area contributed by atoms with E-state index in [1.807, 2.05) is 18.3 Å². The molecule has 1 aliphatic heterocycles. The fourth-order valence-electron chi connectivity index (χ4n) is 3.00. The van der Waals surface area contributed by atoms with Crippen LogP contribution in [0, 0.1) is 12.8 Å². The summed E-state index contributed by atoms with van der Waals surface area (Å²) in [6, 6.07) is 12.7. The quantitative estimate of drug-likeness (QED) is 0.858. The van der Waals surface area contributed by atoms with Gasteiger partial charge in [-0.25, -0.2) is 4.98 Å². The summed E-state index contributed by atoms with van der Waals surface area (Å²) in [5.41, 5.74) is 2.67. The van der Waals surface area contributed by atoms with Gasteiger partial charge in [0.25, 0.3) is 0 Å². The number of hydrogen-bond donors (Lipinski definition) is 0. The van der Waals surface area contributed by atoms with Crippen LogP contribution in [0.3, 0.4) is 0 Å². The average molecular weight is 282 g/mol. The Labute approximate surface area is 126 Å². The average Bonchev–Trinajstić information content (AvgIpc) is 2.97. The first-order valence-corrected chi connectivity index (χ1v) is 7.55. The first kappa shape index (κ1) is 13.9. The summed E-state index contributed by atoms with van der Waals surface area (Å²) in [6.45, 7) is 4.33. The summed E-state index contributed by atoms with van der Waals surface area (Å²) < 4.78 is 5.21. The number of nitrogens with zero attached hydrogens (tertiary/aromatic N) is 2. The van der Waals surface area contributed by atoms with Crippen molar-refractivity contribution in [3.05, 3.63) is 53.7 Å². The largest absolute Gasteiger partial charge is 0.497 e. The van der Waals surface area contributed by atoms with Crippen molar-refractivity contribution in [3.8, 4) is 5.75 Å². The van der Waals surface area contributed by atoms with Gasteiger partial charge in [0.05, 0.1) is 7.11 Å². The van der Waals surface area contributed by atoms with Crippen molar-refractivity contribution in [1.82, 2.24) is 4.98 Å². The molecule has 1 unspecified atom stereocenters. The molecule has 0 radical (unpaired) electrons. The van der Waals surface area contributed by atoms with Crippen LogP contribution in [0.1, 0.15) is 17.5 Å². The molecule has 0 spiro atoms. The molecule has 3 heteroatoms. The number of methoxy groups -OCH3 is 1. The summed E-state index contributed by atoms with van der Waals surface area (Å²) in [4.78, 5) is 6.90. The van der Waals surface area contributed by atoms with E-state index in [1.54, 1.807) is 7.11 Å². The summed E-state index contributed by atoms with van der Waals surface area (Å²) >= 11 is 0. The molecule has 1 aliphatic rings. The van der Waals surface area contributed by atoms with Gasteiger partial charge in [0.1, 0.15) is 11.6 Å². The second-order valence-electron chi connectivity index (χ2n) is 5.84. The van der Waals surface area contributed by atoms with Crippen LogP contribution < -0.4 is 9.64 Å². The van der Waals surface area contributed by atoms with Gasteiger partial charge in [-0.1, -0.05) is 12.1 Å². The Morgan fingerprint density at radius 1 is 1.24 bits per heavy atom. The number of aryl methyl sites for hydroxylation is 1.